The third kappa shape index (κ3) is 7.73. The number of nitrogens with two attached hydrogens (primary N) is 1. The van der Waals surface area contributed by atoms with Gasteiger partial charge in [-0.1, -0.05) is 44.2 Å². The first-order chi connectivity index (χ1) is 15.8. The fourth-order valence-corrected chi connectivity index (χ4v) is 4.02. The number of thiazole rings is 1. The van der Waals surface area contributed by atoms with Gasteiger partial charge in [-0.25, -0.2) is 9.88 Å². The average Bonchev–Trinajstić information content (AvgIpc) is 3.34. The molecule has 0 fully saturated rings. The minimum Gasteiger partial charge on any atom is -0.344 e. The fourth-order valence-electron chi connectivity index (χ4n) is 3.51. The van der Waals surface area contributed by atoms with E-state index in [0.717, 1.165) is 30.1 Å². The predicted molar refractivity (Wildman–Crippen MR) is 132 cm³/mol. The Kier molecular flexibility index (Phi) is 10.6. The number of carbonyl (C=O) groups is 3. The van der Waals surface area contributed by atoms with Crippen molar-refractivity contribution in [3.8, 4) is 0 Å². The van der Waals surface area contributed by atoms with Crippen LogP contribution in [0, 0.1) is 5.92 Å². The van der Waals surface area contributed by atoms with E-state index in [1.165, 1.54) is 18.3 Å². The Labute approximate surface area is 200 Å². The van der Waals surface area contributed by atoms with Crippen molar-refractivity contribution < 1.29 is 14.4 Å². The number of amides is 3. The van der Waals surface area contributed by atoms with Crippen molar-refractivity contribution in [3.05, 3.63) is 46.8 Å². The molecule has 9 heteroatoms. The predicted octanol–water partition coefficient (Wildman–Crippen LogP) is 2.40. The zero-order valence-corrected chi connectivity index (χ0v) is 20.8. The van der Waals surface area contributed by atoms with Crippen LogP contribution >= 0.6 is 11.3 Å². The summed E-state index contributed by atoms with van der Waals surface area (Å²) in [7, 11) is 1.75. The lowest BCUT2D eigenvalue weighted by molar-refractivity contribution is -0.136. The van der Waals surface area contributed by atoms with Crippen LogP contribution in [-0.4, -0.2) is 71.8 Å². The highest BCUT2D eigenvalue weighted by Gasteiger charge is 2.34. The molecule has 2 aromatic rings. The van der Waals surface area contributed by atoms with Gasteiger partial charge in [-0.2, -0.15) is 0 Å². The van der Waals surface area contributed by atoms with Gasteiger partial charge in [0, 0.05) is 31.9 Å². The standard InChI is InChI=1S/C24H35N5O3S/c1-5-28(6-2)13-12-27(4)22(30)15-20(14-19-10-8-7-9-11-19)24(32)29(23(31)18(3)25)21-16-33-17-26-21/h7-11,16-18,20H,5-6,12-15,25H2,1-4H3/t18-,20?/m1/s1. The van der Waals surface area contributed by atoms with Crippen LogP contribution in [0.15, 0.2) is 41.2 Å². The monoisotopic (exact) mass is 473 g/mol. The third-order valence-corrected chi connectivity index (χ3v) is 6.22. The van der Waals surface area contributed by atoms with Crippen LogP contribution in [0.25, 0.3) is 0 Å². The molecule has 0 spiro atoms. The van der Waals surface area contributed by atoms with Crippen molar-refractivity contribution in [2.24, 2.45) is 11.7 Å². The van der Waals surface area contributed by atoms with Crippen LogP contribution in [0.2, 0.25) is 0 Å². The van der Waals surface area contributed by atoms with Gasteiger partial charge in [-0.05, 0) is 32.0 Å². The van der Waals surface area contributed by atoms with Gasteiger partial charge in [0.05, 0.1) is 17.5 Å². The quantitative estimate of drug-likeness (QED) is 0.508. The molecule has 1 aromatic carbocycles. The number of imide groups is 1. The molecule has 0 aliphatic carbocycles. The van der Waals surface area contributed by atoms with E-state index in [2.05, 4.69) is 23.7 Å². The molecule has 1 aromatic heterocycles. The van der Waals surface area contributed by atoms with Crippen molar-refractivity contribution in [3.63, 3.8) is 0 Å². The van der Waals surface area contributed by atoms with E-state index in [-0.39, 0.29) is 18.1 Å². The number of nitrogens with zero attached hydrogens (tertiary/aromatic N) is 4. The van der Waals surface area contributed by atoms with Gasteiger partial charge in [0.25, 0.3) is 5.91 Å². The number of aromatic nitrogens is 1. The molecule has 2 atom stereocenters. The Balaban J connectivity index is 2.26. The molecule has 0 aliphatic rings. The first-order valence-corrected chi connectivity index (χ1v) is 12.2. The Morgan fingerprint density at radius 2 is 1.73 bits per heavy atom. The summed E-state index contributed by atoms with van der Waals surface area (Å²) in [5, 5.41) is 1.63. The van der Waals surface area contributed by atoms with Gasteiger partial charge in [-0.15, -0.1) is 11.3 Å². The first-order valence-electron chi connectivity index (χ1n) is 11.3. The van der Waals surface area contributed by atoms with E-state index in [1.807, 2.05) is 30.3 Å². The van der Waals surface area contributed by atoms with E-state index in [9.17, 15) is 14.4 Å². The smallest absolute Gasteiger partial charge is 0.251 e. The van der Waals surface area contributed by atoms with Gasteiger partial charge in [0.2, 0.25) is 11.8 Å². The lowest BCUT2D eigenvalue weighted by Gasteiger charge is -2.28. The number of hydrogen-bond donors (Lipinski definition) is 1. The number of carbonyl (C=O) groups excluding carboxylic acids is 3. The van der Waals surface area contributed by atoms with Crippen LogP contribution in [0.4, 0.5) is 5.82 Å². The highest BCUT2D eigenvalue weighted by molar-refractivity contribution is 7.08. The number of benzene rings is 1. The molecule has 8 nitrogen and oxygen atoms in total. The number of likely N-dealkylation sites (N-methyl/N-ethyl adjacent to an activating group) is 2. The van der Waals surface area contributed by atoms with Gasteiger partial charge in [0.1, 0.15) is 0 Å². The van der Waals surface area contributed by atoms with Crippen LogP contribution in [0.5, 0.6) is 0 Å². The van der Waals surface area contributed by atoms with Crippen LogP contribution < -0.4 is 10.6 Å². The maximum absolute atomic E-state index is 13.6. The Morgan fingerprint density at radius 1 is 1.06 bits per heavy atom. The molecule has 2 N–H and O–H groups in total. The van der Waals surface area contributed by atoms with Gasteiger partial charge >= 0.3 is 0 Å². The number of rotatable bonds is 12. The molecule has 33 heavy (non-hydrogen) atoms. The molecule has 0 saturated carbocycles. The van der Waals surface area contributed by atoms with E-state index >= 15 is 0 Å². The van der Waals surface area contributed by atoms with Crippen molar-refractivity contribution in [2.45, 2.75) is 39.7 Å². The van der Waals surface area contributed by atoms with Crippen molar-refractivity contribution in [2.75, 3.05) is 38.1 Å². The highest BCUT2D eigenvalue weighted by Crippen LogP contribution is 2.23. The summed E-state index contributed by atoms with van der Waals surface area (Å²) in [6.45, 7) is 8.87. The Hall–Kier alpha value is -2.62. The summed E-state index contributed by atoms with van der Waals surface area (Å²) in [6.07, 6.45) is 0.331. The maximum Gasteiger partial charge on any atom is 0.251 e. The van der Waals surface area contributed by atoms with Gasteiger partial charge < -0.3 is 15.5 Å². The van der Waals surface area contributed by atoms with Crippen LogP contribution in [0.3, 0.4) is 0 Å². The van der Waals surface area contributed by atoms with E-state index in [0.29, 0.717) is 13.0 Å². The fraction of sp³-hybridized carbons (Fsp3) is 0.500. The molecule has 0 saturated heterocycles. The average molecular weight is 474 g/mol. The summed E-state index contributed by atoms with van der Waals surface area (Å²) in [4.78, 5) is 48.6. The second kappa shape index (κ2) is 13.2. The molecule has 0 radical (unpaired) electrons. The lowest BCUT2D eigenvalue weighted by Crippen LogP contribution is -2.49. The molecule has 0 bridgehead atoms. The summed E-state index contributed by atoms with van der Waals surface area (Å²) in [6, 6.07) is 8.62. The summed E-state index contributed by atoms with van der Waals surface area (Å²) in [5.74, 6) is -1.61. The summed E-state index contributed by atoms with van der Waals surface area (Å²) < 4.78 is 0. The maximum atomic E-state index is 13.6. The second-order valence-corrected chi connectivity index (χ2v) is 8.80. The second-order valence-electron chi connectivity index (χ2n) is 8.08. The molecular weight excluding hydrogens is 438 g/mol. The Morgan fingerprint density at radius 3 is 2.27 bits per heavy atom. The molecule has 0 aliphatic heterocycles. The van der Waals surface area contributed by atoms with Crippen LogP contribution in [-0.2, 0) is 20.8 Å². The van der Waals surface area contributed by atoms with Gasteiger partial charge in [-0.3, -0.25) is 14.4 Å². The van der Waals surface area contributed by atoms with E-state index in [4.69, 9.17) is 5.73 Å². The number of hydrogen-bond acceptors (Lipinski definition) is 7. The van der Waals surface area contributed by atoms with E-state index in [1.54, 1.807) is 22.8 Å². The molecule has 3 amide bonds. The summed E-state index contributed by atoms with van der Waals surface area (Å²) in [5.41, 5.74) is 8.30. The largest absolute Gasteiger partial charge is 0.344 e. The zero-order valence-electron chi connectivity index (χ0n) is 19.9. The lowest BCUT2D eigenvalue weighted by atomic mass is 9.93. The SMILES string of the molecule is CCN(CC)CCN(C)C(=O)CC(Cc1ccccc1)C(=O)N(C(=O)[C@@H](C)N)c1cscn1. The molecule has 2 rings (SSSR count). The minimum absolute atomic E-state index is 0.00462. The van der Waals surface area contributed by atoms with E-state index < -0.39 is 23.8 Å². The first kappa shape index (κ1) is 26.6. The number of anilines is 1. The topological polar surface area (TPSA) is 99.8 Å². The normalized spacial score (nSPS) is 12.9. The Bertz CT molecular complexity index is 885. The summed E-state index contributed by atoms with van der Waals surface area (Å²) >= 11 is 1.28. The minimum atomic E-state index is -0.875. The third-order valence-electron chi connectivity index (χ3n) is 5.65. The molecule has 1 unspecified atom stereocenters. The van der Waals surface area contributed by atoms with Crippen LogP contribution in [0.1, 0.15) is 32.8 Å². The van der Waals surface area contributed by atoms with Crippen molar-refractivity contribution >= 4 is 34.9 Å². The molecule has 1 heterocycles. The van der Waals surface area contributed by atoms with Gasteiger partial charge in [0.15, 0.2) is 5.82 Å². The molecular formula is C24H35N5O3S. The van der Waals surface area contributed by atoms with Crippen molar-refractivity contribution in [1.29, 1.82) is 0 Å². The molecule has 180 valence electrons. The van der Waals surface area contributed by atoms with Crippen molar-refractivity contribution in [1.82, 2.24) is 14.8 Å². The zero-order chi connectivity index (χ0) is 24.4. The highest BCUT2D eigenvalue weighted by atomic mass is 32.1.